The van der Waals surface area contributed by atoms with Crippen LogP contribution in [0.2, 0.25) is 0 Å². The minimum absolute atomic E-state index is 0.0457. The molecule has 2 rings (SSSR count). The zero-order valence-electron chi connectivity index (χ0n) is 14.2. The first-order chi connectivity index (χ1) is 10.9. The van der Waals surface area contributed by atoms with E-state index in [1.54, 1.807) is 4.90 Å². The summed E-state index contributed by atoms with van der Waals surface area (Å²) in [6.07, 6.45) is 3.31. The van der Waals surface area contributed by atoms with Crippen molar-refractivity contribution in [3.8, 4) is 0 Å². The second kappa shape index (κ2) is 8.41. The Hall–Kier alpha value is -0.700. The molecule has 0 N–H and O–H groups in total. The second-order valence-electron chi connectivity index (χ2n) is 6.64. The topological polar surface area (TPSA) is 70.2 Å². The summed E-state index contributed by atoms with van der Waals surface area (Å²) in [5.41, 5.74) is 0. The van der Waals surface area contributed by atoms with E-state index in [4.69, 9.17) is 4.74 Å². The SMILES string of the molecule is CC1CCCN(C(=O)CN(CCN2CCOCC2)S(C)(=O)=O)C1. The van der Waals surface area contributed by atoms with Crippen LogP contribution in [0.1, 0.15) is 19.8 Å². The van der Waals surface area contributed by atoms with Gasteiger partial charge in [0.2, 0.25) is 15.9 Å². The molecule has 134 valence electrons. The monoisotopic (exact) mass is 347 g/mol. The van der Waals surface area contributed by atoms with Crippen LogP contribution < -0.4 is 0 Å². The van der Waals surface area contributed by atoms with E-state index in [-0.39, 0.29) is 12.5 Å². The summed E-state index contributed by atoms with van der Waals surface area (Å²) >= 11 is 0. The van der Waals surface area contributed by atoms with Gasteiger partial charge in [-0.15, -0.1) is 0 Å². The normalized spacial score (nSPS) is 24.1. The molecule has 0 aromatic carbocycles. The molecular weight excluding hydrogens is 318 g/mol. The molecule has 0 aromatic rings. The molecule has 8 heteroatoms. The van der Waals surface area contributed by atoms with Gasteiger partial charge in [0.1, 0.15) is 0 Å². The van der Waals surface area contributed by atoms with Crippen LogP contribution in [-0.2, 0) is 19.6 Å². The van der Waals surface area contributed by atoms with Gasteiger partial charge in [0.05, 0.1) is 26.0 Å². The van der Waals surface area contributed by atoms with Crippen molar-refractivity contribution in [1.29, 1.82) is 0 Å². The lowest BCUT2D eigenvalue weighted by molar-refractivity contribution is -0.133. The van der Waals surface area contributed by atoms with Crippen molar-refractivity contribution in [2.75, 3.05) is 65.3 Å². The van der Waals surface area contributed by atoms with Crippen molar-refractivity contribution in [1.82, 2.24) is 14.1 Å². The molecule has 1 atom stereocenters. The number of hydrogen-bond acceptors (Lipinski definition) is 5. The number of carbonyl (C=O) groups is 1. The predicted octanol–water partition coefficient (Wildman–Crippen LogP) is -0.161. The molecule has 2 saturated heterocycles. The number of likely N-dealkylation sites (tertiary alicyclic amines) is 1. The van der Waals surface area contributed by atoms with Crippen LogP contribution in [0, 0.1) is 5.92 Å². The van der Waals surface area contributed by atoms with Crippen LogP contribution in [-0.4, -0.2) is 93.7 Å². The molecule has 23 heavy (non-hydrogen) atoms. The maximum absolute atomic E-state index is 12.4. The number of carbonyl (C=O) groups excluding carboxylic acids is 1. The Balaban J connectivity index is 1.88. The van der Waals surface area contributed by atoms with Gasteiger partial charge in [0.25, 0.3) is 0 Å². The van der Waals surface area contributed by atoms with Crippen LogP contribution in [0.5, 0.6) is 0 Å². The van der Waals surface area contributed by atoms with Crippen molar-refractivity contribution in [2.24, 2.45) is 5.92 Å². The number of sulfonamides is 1. The van der Waals surface area contributed by atoms with Gasteiger partial charge in [-0.05, 0) is 18.8 Å². The summed E-state index contributed by atoms with van der Waals surface area (Å²) in [4.78, 5) is 16.4. The molecule has 0 aromatic heterocycles. The summed E-state index contributed by atoms with van der Waals surface area (Å²) < 4.78 is 30.6. The minimum atomic E-state index is -3.39. The lowest BCUT2D eigenvalue weighted by Gasteiger charge is -2.33. The third-order valence-electron chi connectivity index (χ3n) is 4.56. The van der Waals surface area contributed by atoms with E-state index in [1.165, 1.54) is 10.6 Å². The van der Waals surface area contributed by atoms with E-state index in [9.17, 15) is 13.2 Å². The van der Waals surface area contributed by atoms with Gasteiger partial charge >= 0.3 is 0 Å². The largest absolute Gasteiger partial charge is 0.379 e. The molecule has 0 radical (unpaired) electrons. The quantitative estimate of drug-likeness (QED) is 0.668. The smallest absolute Gasteiger partial charge is 0.237 e. The standard InChI is InChI=1S/C15H29N3O4S/c1-14-4-3-5-17(12-14)15(19)13-18(23(2,20)21)7-6-16-8-10-22-11-9-16/h14H,3-13H2,1-2H3. The zero-order chi connectivity index (χ0) is 16.9. The summed E-state index contributed by atoms with van der Waals surface area (Å²) in [6, 6.07) is 0. The fraction of sp³-hybridized carbons (Fsp3) is 0.933. The molecular formula is C15H29N3O4S. The molecule has 2 aliphatic heterocycles. The van der Waals surface area contributed by atoms with Crippen LogP contribution in [0.4, 0.5) is 0 Å². The van der Waals surface area contributed by atoms with Gasteiger partial charge in [-0.25, -0.2) is 8.42 Å². The van der Waals surface area contributed by atoms with E-state index in [0.717, 1.165) is 39.0 Å². The average molecular weight is 347 g/mol. The highest BCUT2D eigenvalue weighted by atomic mass is 32.2. The van der Waals surface area contributed by atoms with Gasteiger partial charge in [-0.3, -0.25) is 9.69 Å². The lowest BCUT2D eigenvalue weighted by Crippen LogP contribution is -2.48. The first kappa shape index (κ1) is 18.6. The summed E-state index contributed by atoms with van der Waals surface area (Å²) in [7, 11) is -3.39. The van der Waals surface area contributed by atoms with E-state index < -0.39 is 10.0 Å². The number of morpholine rings is 1. The van der Waals surface area contributed by atoms with Gasteiger partial charge in [0.15, 0.2) is 0 Å². The predicted molar refractivity (Wildman–Crippen MR) is 88.7 cm³/mol. The minimum Gasteiger partial charge on any atom is -0.379 e. The van der Waals surface area contributed by atoms with Gasteiger partial charge in [-0.1, -0.05) is 6.92 Å². The first-order valence-corrected chi connectivity index (χ1v) is 10.2. The van der Waals surface area contributed by atoms with Crippen molar-refractivity contribution >= 4 is 15.9 Å². The first-order valence-electron chi connectivity index (χ1n) is 8.39. The lowest BCUT2D eigenvalue weighted by atomic mass is 10.0. The fourth-order valence-corrected chi connectivity index (χ4v) is 3.86. The Morgan fingerprint density at radius 2 is 1.96 bits per heavy atom. The number of nitrogens with zero attached hydrogens (tertiary/aromatic N) is 3. The molecule has 0 bridgehead atoms. The molecule has 2 aliphatic rings. The maximum atomic E-state index is 12.4. The molecule has 1 amide bonds. The molecule has 2 heterocycles. The highest BCUT2D eigenvalue weighted by molar-refractivity contribution is 7.88. The van der Waals surface area contributed by atoms with E-state index in [0.29, 0.717) is 32.2 Å². The van der Waals surface area contributed by atoms with Crippen molar-refractivity contribution < 1.29 is 17.9 Å². The highest BCUT2D eigenvalue weighted by Crippen LogP contribution is 2.16. The number of rotatable bonds is 6. The molecule has 0 aliphatic carbocycles. The molecule has 0 spiro atoms. The van der Waals surface area contributed by atoms with E-state index in [1.807, 2.05) is 0 Å². The summed E-state index contributed by atoms with van der Waals surface area (Å²) in [5.74, 6) is 0.414. The van der Waals surface area contributed by atoms with Crippen molar-refractivity contribution in [3.63, 3.8) is 0 Å². The number of amides is 1. The molecule has 7 nitrogen and oxygen atoms in total. The number of hydrogen-bond donors (Lipinski definition) is 0. The Morgan fingerprint density at radius 1 is 1.26 bits per heavy atom. The van der Waals surface area contributed by atoms with Crippen LogP contribution in [0.15, 0.2) is 0 Å². The zero-order valence-corrected chi connectivity index (χ0v) is 15.1. The third-order valence-corrected chi connectivity index (χ3v) is 5.81. The third kappa shape index (κ3) is 6.02. The van der Waals surface area contributed by atoms with Gasteiger partial charge in [0, 0.05) is 39.3 Å². The highest BCUT2D eigenvalue weighted by Gasteiger charge is 2.26. The summed E-state index contributed by atoms with van der Waals surface area (Å²) in [5, 5.41) is 0. The average Bonchev–Trinajstić information content (AvgIpc) is 2.51. The number of ether oxygens (including phenoxy) is 1. The fourth-order valence-electron chi connectivity index (χ4n) is 3.11. The van der Waals surface area contributed by atoms with Crippen LogP contribution >= 0.6 is 0 Å². The summed E-state index contributed by atoms with van der Waals surface area (Å²) in [6.45, 7) is 7.55. The van der Waals surface area contributed by atoms with Crippen LogP contribution in [0.25, 0.3) is 0 Å². The maximum Gasteiger partial charge on any atom is 0.237 e. The molecule has 1 unspecified atom stereocenters. The van der Waals surface area contributed by atoms with Crippen LogP contribution in [0.3, 0.4) is 0 Å². The Kier molecular flexibility index (Phi) is 6.82. The second-order valence-corrected chi connectivity index (χ2v) is 8.62. The number of piperidine rings is 1. The Labute approximate surface area is 139 Å². The van der Waals surface area contributed by atoms with E-state index in [2.05, 4.69) is 11.8 Å². The van der Waals surface area contributed by atoms with Gasteiger partial charge in [-0.2, -0.15) is 4.31 Å². The molecule has 0 saturated carbocycles. The van der Waals surface area contributed by atoms with Crippen molar-refractivity contribution in [3.05, 3.63) is 0 Å². The molecule has 2 fully saturated rings. The Bertz CT molecular complexity index is 491. The Morgan fingerprint density at radius 3 is 2.57 bits per heavy atom. The van der Waals surface area contributed by atoms with Gasteiger partial charge < -0.3 is 9.64 Å². The van der Waals surface area contributed by atoms with E-state index >= 15 is 0 Å². The van der Waals surface area contributed by atoms with Crippen molar-refractivity contribution in [2.45, 2.75) is 19.8 Å².